The van der Waals surface area contributed by atoms with E-state index in [9.17, 15) is 4.79 Å². The smallest absolute Gasteiger partial charge is 0.268 e. The van der Waals surface area contributed by atoms with Crippen molar-refractivity contribution in [2.24, 2.45) is 0 Å². The van der Waals surface area contributed by atoms with E-state index in [1.165, 1.54) is 28.7 Å². The van der Waals surface area contributed by atoms with Gasteiger partial charge < -0.3 is 14.6 Å². The number of thioether (sulfide) groups is 1. The zero-order valence-electron chi connectivity index (χ0n) is 16.4. The summed E-state index contributed by atoms with van der Waals surface area (Å²) in [6.07, 6.45) is 0. The Morgan fingerprint density at radius 2 is 2.10 bits per heavy atom. The zero-order valence-corrected chi connectivity index (χ0v) is 18.0. The molecule has 1 aliphatic heterocycles. The second-order valence-electron chi connectivity index (χ2n) is 6.99. The number of nitrogens with zero attached hydrogens (tertiary/aromatic N) is 5. The number of ether oxygens (including phenoxy) is 1. The van der Waals surface area contributed by atoms with Crippen LogP contribution in [0.1, 0.15) is 11.4 Å². The fourth-order valence-electron chi connectivity index (χ4n) is 3.44. The highest BCUT2D eigenvalue weighted by Gasteiger charge is 2.22. The molecule has 1 N–H and O–H groups in total. The molecule has 1 aromatic carbocycles. The van der Waals surface area contributed by atoms with E-state index in [4.69, 9.17) is 4.74 Å². The molecule has 154 valence electrons. The molecule has 1 saturated heterocycles. The number of H-pyrrole nitrogens is 1. The summed E-state index contributed by atoms with van der Waals surface area (Å²) in [6, 6.07) is 10.2. The number of morpholine rings is 1. The molecule has 30 heavy (non-hydrogen) atoms. The minimum absolute atomic E-state index is 0.0974. The molecule has 10 heteroatoms. The number of hydrogen-bond donors (Lipinski definition) is 1. The van der Waals surface area contributed by atoms with Crippen LogP contribution < -0.4 is 10.5 Å². The number of hydrogen-bond acceptors (Lipinski definition) is 8. The van der Waals surface area contributed by atoms with Gasteiger partial charge in [0.15, 0.2) is 5.16 Å². The Balaban J connectivity index is 1.49. The molecule has 0 aliphatic carbocycles. The van der Waals surface area contributed by atoms with Gasteiger partial charge in [0.1, 0.15) is 10.5 Å². The molecule has 0 unspecified atom stereocenters. The Morgan fingerprint density at radius 1 is 1.23 bits per heavy atom. The van der Waals surface area contributed by atoms with Gasteiger partial charge in [-0.1, -0.05) is 23.9 Å². The summed E-state index contributed by atoms with van der Waals surface area (Å²) >= 11 is 2.91. The molecule has 0 radical (unpaired) electrons. The quantitative estimate of drug-likeness (QED) is 0.477. The molecule has 5 rings (SSSR count). The Bertz CT molecular complexity index is 1240. The van der Waals surface area contributed by atoms with Crippen molar-refractivity contribution in [2.75, 3.05) is 31.2 Å². The maximum Gasteiger partial charge on any atom is 0.268 e. The summed E-state index contributed by atoms with van der Waals surface area (Å²) in [7, 11) is 0. The van der Waals surface area contributed by atoms with E-state index in [0.717, 1.165) is 35.4 Å². The first kappa shape index (κ1) is 19.3. The first-order chi connectivity index (χ1) is 14.7. The van der Waals surface area contributed by atoms with Crippen LogP contribution in [0.15, 0.2) is 45.7 Å². The van der Waals surface area contributed by atoms with Gasteiger partial charge in [-0.15, -0.1) is 21.5 Å². The molecule has 1 aliphatic rings. The Labute approximate surface area is 180 Å². The van der Waals surface area contributed by atoms with Crippen LogP contribution in [0, 0.1) is 6.92 Å². The van der Waals surface area contributed by atoms with Crippen LogP contribution in [0.5, 0.6) is 0 Å². The molecule has 4 heterocycles. The molecule has 0 amide bonds. The van der Waals surface area contributed by atoms with E-state index in [1.807, 2.05) is 17.5 Å². The van der Waals surface area contributed by atoms with Gasteiger partial charge >= 0.3 is 0 Å². The lowest BCUT2D eigenvalue weighted by Gasteiger charge is -2.28. The molecular formula is C20H20N6O2S2. The fraction of sp³-hybridized carbons (Fsp3) is 0.300. The van der Waals surface area contributed by atoms with Crippen LogP contribution in [0.25, 0.3) is 15.9 Å². The lowest BCUT2D eigenvalue weighted by molar-refractivity contribution is 0.122. The van der Waals surface area contributed by atoms with Gasteiger partial charge in [0.25, 0.3) is 5.56 Å². The van der Waals surface area contributed by atoms with Crippen LogP contribution in [-0.2, 0) is 10.5 Å². The normalized spacial score (nSPS) is 14.5. The van der Waals surface area contributed by atoms with Crippen molar-refractivity contribution < 1.29 is 4.74 Å². The predicted molar refractivity (Wildman–Crippen MR) is 119 cm³/mol. The summed E-state index contributed by atoms with van der Waals surface area (Å²) in [5, 5.41) is 11.6. The first-order valence-electron chi connectivity index (χ1n) is 9.63. The van der Waals surface area contributed by atoms with Crippen LogP contribution in [0.4, 0.5) is 5.95 Å². The molecule has 3 aromatic heterocycles. The van der Waals surface area contributed by atoms with Crippen molar-refractivity contribution in [1.82, 2.24) is 24.7 Å². The van der Waals surface area contributed by atoms with Gasteiger partial charge in [0.2, 0.25) is 5.95 Å². The minimum Gasteiger partial charge on any atom is -0.378 e. The van der Waals surface area contributed by atoms with Crippen molar-refractivity contribution >= 4 is 39.3 Å². The van der Waals surface area contributed by atoms with Crippen molar-refractivity contribution in [3.05, 3.63) is 57.5 Å². The Hall–Kier alpha value is -2.69. The molecule has 8 nitrogen and oxygen atoms in total. The lowest BCUT2D eigenvalue weighted by Crippen LogP contribution is -2.37. The highest BCUT2D eigenvalue weighted by molar-refractivity contribution is 7.98. The molecule has 1 fully saturated rings. The van der Waals surface area contributed by atoms with E-state index in [2.05, 4.69) is 54.8 Å². The molecule has 0 spiro atoms. The van der Waals surface area contributed by atoms with Crippen molar-refractivity contribution in [3.8, 4) is 5.69 Å². The highest BCUT2D eigenvalue weighted by atomic mass is 32.2. The van der Waals surface area contributed by atoms with Crippen molar-refractivity contribution in [3.63, 3.8) is 0 Å². The number of aryl methyl sites for hydroxylation is 1. The van der Waals surface area contributed by atoms with E-state index < -0.39 is 0 Å². The number of benzene rings is 1. The van der Waals surface area contributed by atoms with Crippen LogP contribution in [0.2, 0.25) is 0 Å². The third kappa shape index (κ3) is 3.73. The Morgan fingerprint density at radius 3 is 2.93 bits per heavy atom. The largest absolute Gasteiger partial charge is 0.378 e. The van der Waals surface area contributed by atoms with Crippen LogP contribution in [0.3, 0.4) is 0 Å². The summed E-state index contributed by atoms with van der Waals surface area (Å²) in [5.74, 6) is 1.93. The average molecular weight is 441 g/mol. The SMILES string of the molecule is Cc1cccc(-n2c(SCc3nc4ccsc4c(=O)[nH]3)nnc2N2CCOCC2)c1. The number of aromatic nitrogens is 5. The summed E-state index contributed by atoms with van der Waals surface area (Å²) in [6.45, 7) is 4.97. The number of aromatic amines is 1. The summed E-state index contributed by atoms with van der Waals surface area (Å²) in [4.78, 5) is 21.9. The summed E-state index contributed by atoms with van der Waals surface area (Å²) in [5.41, 5.74) is 2.81. The zero-order chi connectivity index (χ0) is 20.5. The standard InChI is InChI=1S/C20H20N6O2S2/c1-13-3-2-4-14(11-13)26-19(25-6-8-28-9-7-25)23-24-20(26)30-12-16-21-15-5-10-29-17(15)18(27)22-16/h2-5,10-11H,6-9,12H2,1H3,(H,21,22,27). The lowest BCUT2D eigenvalue weighted by atomic mass is 10.2. The van der Waals surface area contributed by atoms with Gasteiger partial charge in [0, 0.05) is 13.1 Å². The maximum atomic E-state index is 12.3. The number of fused-ring (bicyclic) bond motifs is 1. The third-order valence-electron chi connectivity index (χ3n) is 4.87. The second-order valence-corrected chi connectivity index (χ2v) is 8.85. The minimum atomic E-state index is -0.0974. The van der Waals surface area contributed by atoms with Crippen molar-refractivity contribution in [1.29, 1.82) is 0 Å². The number of rotatable bonds is 5. The van der Waals surface area contributed by atoms with Crippen LogP contribution >= 0.6 is 23.1 Å². The van der Waals surface area contributed by atoms with Gasteiger partial charge in [-0.3, -0.25) is 9.36 Å². The number of anilines is 1. The highest BCUT2D eigenvalue weighted by Crippen LogP contribution is 2.29. The van der Waals surface area contributed by atoms with E-state index in [0.29, 0.717) is 29.5 Å². The average Bonchev–Trinajstić information content (AvgIpc) is 3.40. The van der Waals surface area contributed by atoms with E-state index in [-0.39, 0.29) is 5.56 Å². The molecule has 0 saturated carbocycles. The topological polar surface area (TPSA) is 88.9 Å². The first-order valence-corrected chi connectivity index (χ1v) is 11.5. The van der Waals surface area contributed by atoms with Crippen LogP contribution in [-0.4, -0.2) is 51.0 Å². The predicted octanol–water partition coefficient (Wildman–Crippen LogP) is 3.00. The van der Waals surface area contributed by atoms with Crippen molar-refractivity contribution in [2.45, 2.75) is 17.8 Å². The Kier molecular flexibility index (Phi) is 5.28. The molecular weight excluding hydrogens is 420 g/mol. The second kappa shape index (κ2) is 8.21. The number of thiophene rings is 1. The summed E-state index contributed by atoms with van der Waals surface area (Å²) < 4.78 is 8.22. The molecule has 4 aromatic rings. The fourth-order valence-corrected chi connectivity index (χ4v) is 4.98. The van der Waals surface area contributed by atoms with Gasteiger partial charge in [-0.05, 0) is 36.1 Å². The van der Waals surface area contributed by atoms with Gasteiger partial charge in [-0.25, -0.2) is 4.98 Å². The molecule has 0 atom stereocenters. The van der Waals surface area contributed by atoms with Gasteiger partial charge in [0.05, 0.1) is 30.2 Å². The third-order valence-corrected chi connectivity index (χ3v) is 6.71. The monoisotopic (exact) mass is 440 g/mol. The van der Waals surface area contributed by atoms with E-state index >= 15 is 0 Å². The maximum absolute atomic E-state index is 12.3. The van der Waals surface area contributed by atoms with E-state index in [1.54, 1.807) is 0 Å². The number of nitrogens with one attached hydrogen (secondary N) is 1. The molecule has 0 bridgehead atoms. The van der Waals surface area contributed by atoms with Gasteiger partial charge in [-0.2, -0.15) is 0 Å².